The number of Topliss-reactive ketones (excluding diaryl/α,β-unsaturated/α-hetero) is 1. The summed E-state index contributed by atoms with van der Waals surface area (Å²) < 4.78 is 4.82. The molecule has 0 aromatic carbocycles. The van der Waals surface area contributed by atoms with Gasteiger partial charge in [-0.3, -0.25) is 4.79 Å². The van der Waals surface area contributed by atoms with Gasteiger partial charge in [0.25, 0.3) is 5.82 Å². The van der Waals surface area contributed by atoms with Gasteiger partial charge in [0, 0.05) is 6.20 Å². The second kappa shape index (κ2) is 6.11. The predicted octanol–water partition coefficient (Wildman–Crippen LogP) is 1.40. The van der Waals surface area contributed by atoms with Crippen molar-refractivity contribution in [3.05, 3.63) is 29.9 Å². The van der Waals surface area contributed by atoms with Crippen molar-refractivity contribution in [1.29, 1.82) is 0 Å². The highest BCUT2D eigenvalue weighted by molar-refractivity contribution is 6.26. The first kappa shape index (κ1) is 15.3. The predicted molar refractivity (Wildman–Crippen MR) is 75.0 cm³/mol. The van der Waals surface area contributed by atoms with Gasteiger partial charge >= 0.3 is 5.97 Å². The van der Waals surface area contributed by atoms with Crippen LogP contribution in [0.2, 0.25) is 0 Å². The van der Waals surface area contributed by atoms with Gasteiger partial charge in [-0.25, -0.2) is 9.78 Å². The Labute approximate surface area is 122 Å². The molecule has 2 rings (SSSR count). The van der Waals surface area contributed by atoms with Crippen molar-refractivity contribution in [3.8, 4) is 0 Å². The van der Waals surface area contributed by atoms with Gasteiger partial charge in [0.05, 0.1) is 6.61 Å². The molecule has 112 valence electrons. The molecule has 0 N–H and O–H groups in total. The van der Waals surface area contributed by atoms with E-state index in [0.717, 1.165) is 0 Å². The van der Waals surface area contributed by atoms with E-state index in [1.165, 1.54) is 18.7 Å². The van der Waals surface area contributed by atoms with Gasteiger partial charge < -0.3 is 4.74 Å². The molecular weight excluding hydrogens is 274 g/mol. The van der Waals surface area contributed by atoms with Gasteiger partial charge in [0.2, 0.25) is 5.78 Å². The molecule has 0 radical (unpaired) electrons. The van der Waals surface area contributed by atoms with E-state index in [4.69, 9.17) is 9.57 Å². The lowest BCUT2D eigenvalue weighted by Crippen LogP contribution is -2.49. The monoisotopic (exact) mass is 292 g/mol. The van der Waals surface area contributed by atoms with Crippen LogP contribution in [0.15, 0.2) is 24.3 Å². The first-order valence-electron chi connectivity index (χ1n) is 6.87. The Morgan fingerprint density at radius 3 is 2.67 bits per heavy atom. The molecule has 1 aliphatic heterocycles. The number of ether oxygens (including phenoxy) is 1. The molecule has 1 aliphatic rings. The molecule has 0 aliphatic carbocycles. The van der Waals surface area contributed by atoms with Crippen LogP contribution in [-0.2, 0) is 14.4 Å². The topological polar surface area (TPSA) is 78.4 Å². The van der Waals surface area contributed by atoms with E-state index in [1.807, 2.05) is 13.8 Å². The number of rotatable bonds is 5. The second-order valence-electron chi connectivity index (χ2n) is 4.38. The number of esters is 1. The van der Waals surface area contributed by atoms with Crippen molar-refractivity contribution >= 4 is 17.6 Å². The fourth-order valence-electron chi connectivity index (χ4n) is 2.27. The molecule has 1 atom stereocenters. The Balaban J connectivity index is 2.60. The van der Waals surface area contributed by atoms with Crippen LogP contribution in [0.3, 0.4) is 0 Å². The molecule has 0 amide bonds. The number of hydrogen-bond acceptors (Lipinski definition) is 6. The molecule has 0 spiro atoms. The summed E-state index contributed by atoms with van der Waals surface area (Å²) in [5.41, 5.74) is 0.216. The Morgan fingerprint density at radius 1 is 1.29 bits per heavy atom. The molecule has 1 aromatic heterocycles. The Kier molecular flexibility index (Phi) is 4.44. The molecule has 1 aromatic rings. The van der Waals surface area contributed by atoms with Crippen LogP contribution in [0, 0.1) is 0 Å². The highest BCUT2D eigenvalue weighted by atomic mass is 16.7. The minimum absolute atomic E-state index is 0.0468. The van der Waals surface area contributed by atoms with E-state index >= 15 is 0 Å². The van der Waals surface area contributed by atoms with Crippen molar-refractivity contribution < 1.29 is 19.2 Å². The summed E-state index contributed by atoms with van der Waals surface area (Å²) in [7, 11) is 0. The van der Waals surface area contributed by atoms with Crippen molar-refractivity contribution in [1.82, 2.24) is 14.6 Å². The number of fused-ring (bicyclic) bond motifs is 1. The SMILES string of the molecule is CCOC(=O)C1=C[N+](CC)(OCC)c2ncncc2C1=O. The lowest BCUT2D eigenvalue weighted by atomic mass is 10.0. The van der Waals surface area contributed by atoms with Crippen molar-refractivity contribution in [2.45, 2.75) is 20.8 Å². The standard InChI is InChI=1S/C14H18N3O4/c1-4-17(21-6-3)8-11(14(19)20-5-2)12(18)10-7-15-9-16-13(10)17/h7-9H,4-6H2,1-3H3/q+1. The Morgan fingerprint density at radius 2 is 2.05 bits per heavy atom. The first-order valence-corrected chi connectivity index (χ1v) is 6.87. The molecule has 0 saturated heterocycles. The summed E-state index contributed by atoms with van der Waals surface area (Å²) in [5.74, 6) is -0.661. The molecule has 1 unspecified atom stereocenters. The lowest BCUT2D eigenvalue weighted by molar-refractivity contribution is -0.139. The average molecular weight is 292 g/mol. The van der Waals surface area contributed by atoms with Crippen LogP contribution in [-0.4, -0.2) is 41.5 Å². The number of nitrogens with zero attached hydrogens (tertiary/aromatic N) is 3. The summed E-state index contributed by atoms with van der Waals surface area (Å²) in [6.07, 6.45) is 4.23. The van der Waals surface area contributed by atoms with Crippen LogP contribution in [0.4, 0.5) is 5.82 Å². The fraction of sp³-hybridized carbons (Fsp3) is 0.429. The number of carbonyl (C=O) groups is 2. The smallest absolute Gasteiger partial charge is 0.347 e. The Bertz CT molecular complexity index is 600. The number of hydrogen-bond donors (Lipinski definition) is 0. The van der Waals surface area contributed by atoms with Crippen molar-refractivity contribution in [3.63, 3.8) is 0 Å². The van der Waals surface area contributed by atoms with Gasteiger partial charge in [-0.15, -0.1) is 4.65 Å². The maximum absolute atomic E-state index is 12.4. The maximum Gasteiger partial charge on any atom is 0.347 e. The third-order valence-corrected chi connectivity index (χ3v) is 3.20. The average Bonchev–Trinajstić information content (AvgIpc) is 2.50. The van der Waals surface area contributed by atoms with Crippen LogP contribution in [0.1, 0.15) is 31.1 Å². The zero-order valence-electron chi connectivity index (χ0n) is 12.3. The quantitative estimate of drug-likeness (QED) is 0.464. The van der Waals surface area contributed by atoms with Gasteiger partial charge in [-0.1, -0.05) is 0 Å². The third kappa shape index (κ3) is 2.57. The summed E-state index contributed by atoms with van der Waals surface area (Å²) in [5, 5.41) is 0. The van der Waals surface area contributed by atoms with Gasteiger partial charge in [-0.2, -0.15) is 9.82 Å². The van der Waals surface area contributed by atoms with Gasteiger partial charge in [0.15, 0.2) is 11.8 Å². The lowest BCUT2D eigenvalue weighted by Gasteiger charge is -2.32. The van der Waals surface area contributed by atoms with Crippen molar-refractivity contribution in [2.24, 2.45) is 0 Å². The normalized spacial score (nSPS) is 20.7. The fourth-order valence-corrected chi connectivity index (χ4v) is 2.27. The number of aromatic nitrogens is 2. The molecule has 7 nitrogen and oxygen atoms in total. The molecule has 0 saturated carbocycles. The van der Waals surface area contributed by atoms with E-state index in [0.29, 0.717) is 19.0 Å². The van der Waals surface area contributed by atoms with Crippen LogP contribution in [0.25, 0.3) is 0 Å². The van der Waals surface area contributed by atoms with E-state index in [9.17, 15) is 9.59 Å². The summed E-state index contributed by atoms with van der Waals surface area (Å²) in [6.45, 7) is 6.49. The molecule has 21 heavy (non-hydrogen) atoms. The molecular formula is C14H18N3O4+. The van der Waals surface area contributed by atoms with E-state index in [-0.39, 0.29) is 22.4 Å². The largest absolute Gasteiger partial charge is 0.462 e. The van der Waals surface area contributed by atoms with E-state index in [2.05, 4.69) is 9.97 Å². The summed E-state index contributed by atoms with van der Waals surface area (Å²) >= 11 is 0. The van der Waals surface area contributed by atoms with Gasteiger partial charge in [-0.05, 0) is 20.8 Å². The summed E-state index contributed by atoms with van der Waals surface area (Å²) in [6, 6.07) is 0. The molecule has 0 bridgehead atoms. The number of quaternary nitrogens is 1. The van der Waals surface area contributed by atoms with Crippen molar-refractivity contribution in [2.75, 3.05) is 19.8 Å². The Hall–Kier alpha value is -2.12. The van der Waals surface area contributed by atoms with Crippen LogP contribution in [0.5, 0.6) is 0 Å². The van der Waals surface area contributed by atoms with Gasteiger partial charge in [0.1, 0.15) is 25.0 Å². The molecule has 0 fully saturated rings. The minimum Gasteiger partial charge on any atom is -0.462 e. The first-order chi connectivity index (χ1) is 10.1. The van der Waals surface area contributed by atoms with E-state index < -0.39 is 11.8 Å². The zero-order valence-corrected chi connectivity index (χ0v) is 12.3. The third-order valence-electron chi connectivity index (χ3n) is 3.20. The van der Waals surface area contributed by atoms with Crippen LogP contribution >= 0.6 is 0 Å². The number of carbonyl (C=O) groups excluding carboxylic acids is 2. The molecule has 2 heterocycles. The number of ketones is 1. The molecule has 7 heteroatoms. The summed E-state index contributed by atoms with van der Waals surface area (Å²) in [4.78, 5) is 38.2. The highest BCUT2D eigenvalue weighted by Gasteiger charge is 2.44. The van der Waals surface area contributed by atoms with E-state index in [1.54, 1.807) is 6.92 Å². The highest BCUT2D eigenvalue weighted by Crippen LogP contribution is 2.33. The zero-order chi connectivity index (χ0) is 15.5. The minimum atomic E-state index is -0.660. The second-order valence-corrected chi connectivity index (χ2v) is 4.38. The van der Waals surface area contributed by atoms with Crippen LogP contribution < -0.4 is 4.65 Å². The number of hydroxylamine groups is 2. The maximum atomic E-state index is 12.4.